The van der Waals surface area contributed by atoms with Gasteiger partial charge in [0.25, 0.3) is 0 Å². The van der Waals surface area contributed by atoms with Crippen LogP contribution in [0.5, 0.6) is 0 Å². The maximum Gasteiger partial charge on any atom is 0.175 e. The van der Waals surface area contributed by atoms with Gasteiger partial charge in [-0.25, -0.2) is 4.39 Å². The third kappa shape index (κ3) is 2.96. The highest BCUT2D eigenvalue weighted by atomic mass is 19.1. The number of halogens is 1. The lowest BCUT2D eigenvalue weighted by atomic mass is 10.1. The van der Waals surface area contributed by atoms with Crippen molar-refractivity contribution in [2.24, 2.45) is 10.9 Å². The van der Waals surface area contributed by atoms with E-state index >= 15 is 0 Å². The molecule has 0 saturated carbocycles. The van der Waals surface area contributed by atoms with Gasteiger partial charge in [-0.15, -0.1) is 0 Å². The summed E-state index contributed by atoms with van der Waals surface area (Å²) in [6.07, 6.45) is 2.20. The summed E-state index contributed by atoms with van der Waals surface area (Å²) in [7, 11) is 1.84. The minimum Gasteiger partial charge on any atom is -0.409 e. The van der Waals surface area contributed by atoms with Gasteiger partial charge in [0, 0.05) is 20.2 Å². The molecule has 19 heavy (non-hydrogen) atoms. The second-order valence-corrected chi connectivity index (χ2v) is 4.63. The molecule has 1 heterocycles. The van der Waals surface area contributed by atoms with E-state index < -0.39 is 5.82 Å². The maximum atomic E-state index is 13.8. The van der Waals surface area contributed by atoms with Gasteiger partial charge in [0.2, 0.25) is 0 Å². The third-order valence-corrected chi connectivity index (χ3v) is 3.27. The van der Waals surface area contributed by atoms with Gasteiger partial charge >= 0.3 is 0 Å². The lowest BCUT2D eigenvalue weighted by Crippen LogP contribution is -2.31. The number of anilines is 1. The molecule has 1 unspecified atom stereocenters. The summed E-state index contributed by atoms with van der Waals surface area (Å²) in [6.45, 7) is 1.42. The fourth-order valence-electron chi connectivity index (χ4n) is 2.33. The van der Waals surface area contributed by atoms with Crippen LogP contribution < -0.4 is 10.6 Å². The summed E-state index contributed by atoms with van der Waals surface area (Å²) >= 11 is 0. The van der Waals surface area contributed by atoms with Gasteiger partial charge in [-0.05, 0) is 25.0 Å². The Morgan fingerprint density at radius 2 is 2.42 bits per heavy atom. The topological polar surface area (TPSA) is 71.1 Å². The van der Waals surface area contributed by atoms with E-state index in [4.69, 9.17) is 15.7 Å². The van der Waals surface area contributed by atoms with Crippen molar-refractivity contribution in [3.05, 3.63) is 29.6 Å². The van der Waals surface area contributed by atoms with Crippen LogP contribution in [-0.4, -0.2) is 37.3 Å². The van der Waals surface area contributed by atoms with Crippen LogP contribution in [0.1, 0.15) is 18.4 Å². The average molecular weight is 267 g/mol. The van der Waals surface area contributed by atoms with Crippen LogP contribution in [-0.2, 0) is 4.74 Å². The van der Waals surface area contributed by atoms with Gasteiger partial charge in [0.15, 0.2) is 5.84 Å². The first-order valence-electron chi connectivity index (χ1n) is 6.22. The summed E-state index contributed by atoms with van der Waals surface area (Å²) in [5.41, 5.74) is 6.25. The molecule has 0 radical (unpaired) electrons. The van der Waals surface area contributed by atoms with E-state index in [0.717, 1.165) is 19.4 Å². The van der Waals surface area contributed by atoms with Crippen LogP contribution in [0.25, 0.3) is 0 Å². The second kappa shape index (κ2) is 5.88. The number of hydrogen-bond acceptors (Lipinski definition) is 4. The van der Waals surface area contributed by atoms with Crippen molar-refractivity contribution >= 4 is 11.5 Å². The molecule has 1 aliphatic rings. The summed E-state index contributed by atoms with van der Waals surface area (Å²) in [5.74, 6) is -0.737. The molecule has 1 atom stereocenters. The lowest BCUT2D eigenvalue weighted by molar-refractivity contribution is 0.116. The van der Waals surface area contributed by atoms with E-state index in [9.17, 15) is 4.39 Å². The molecule has 0 bridgehead atoms. The number of oxime groups is 1. The standard InChI is InChI=1S/C13H18FN3O2/c1-17(8-9-4-3-7-19-9)11-6-2-5-10(14)12(11)13(15)16-18/h2,5-6,9,18H,3-4,7-8H2,1H3,(H2,15,16). The maximum absolute atomic E-state index is 13.8. The van der Waals surface area contributed by atoms with E-state index in [0.29, 0.717) is 12.2 Å². The second-order valence-electron chi connectivity index (χ2n) is 4.63. The molecule has 0 aliphatic carbocycles. The molecule has 1 fully saturated rings. The van der Waals surface area contributed by atoms with E-state index in [2.05, 4.69) is 5.16 Å². The summed E-state index contributed by atoms with van der Waals surface area (Å²) in [4.78, 5) is 1.87. The zero-order valence-corrected chi connectivity index (χ0v) is 10.8. The lowest BCUT2D eigenvalue weighted by Gasteiger charge is -2.25. The molecule has 1 aliphatic heterocycles. The Kier molecular flexibility index (Phi) is 4.21. The van der Waals surface area contributed by atoms with E-state index in [1.165, 1.54) is 6.07 Å². The molecule has 1 aromatic rings. The minimum atomic E-state index is -0.507. The number of likely N-dealkylation sites (N-methyl/N-ethyl adjacent to an activating group) is 1. The smallest absolute Gasteiger partial charge is 0.175 e. The Hall–Kier alpha value is -1.82. The zero-order chi connectivity index (χ0) is 13.8. The number of amidine groups is 1. The van der Waals surface area contributed by atoms with Crippen molar-refractivity contribution < 1.29 is 14.3 Å². The number of ether oxygens (including phenoxy) is 1. The van der Waals surface area contributed by atoms with Crippen molar-refractivity contribution in [2.75, 3.05) is 25.1 Å². The molecule has 2 rings (SSSR count). The quantitative estimate of drug-likeness (QED) is 0.376. The van der Waals surface area contributed by atoms with Gasteiger partial charge in [0.05, 0.1) is 17.4 Å². The molecule has 3 N–H and O–H groups in total. The fraction of sp³-hybridized carbons (Fsp3) is 0.462. The molecular weight excluding hydrogens is 249 g/mol. The predicted octanol–water partition coefficient (Wildman–Crippen LogP) is 1.54. The van der Waals surface area contributed by atoms with Crippen LogP contribution in [0.4, 0.5) is 10.1 Å². The zero-order valence-electron chi connectivity index (χ0n) is 10.8. The Morgan fingerprint density at radius 3 is 3.05 bits per heavy atom. The minimum absolute atomic E-state index is 0.116. The van der Waals surface area contributed by atoms with Crippen molar-refractivity contribution in [2.45, 2.75) is 18.9 Å². The summed E-state index contributed by atoms with van der Waals surface area (Å²) < 4.78 is 19.4. The van der Waals surface area contributed by atoms with Crippen molar-refractivity contribution in [3.8, 4) is 0 Å². The molecule has 0 spiro atoms. The highest BCUT2D eigenvalue weighted by Gasteiger charge is 2.21. The number of rotatable bonds is 4. The normalized spacial score (nSPS) is 19.7. The van der Waals surface area contributed by atoms with Crippen LogP contribution >= 0.6 is 0 Å². The monoisotopic (exact) mass is 267 g/mol. The molecule has 0 aromatic heterocycles. The van der Waals surface area contributed by atoms with Crippen molar-refractivity contribution in [1.82, 2.24) is 0 Å². The van der Waals surface area contributed by atoms with Crippen LogP contribution in [0.2, 0.25) is 0 Å². The first kappa shape index (κ1) is 13.6. The first-order chi connectivity index (χ1) is 9.13. The van der Waals surface area contributed by atoms with Crippen molar-refractivity contribution in [3.63, 3.8) is 0 Å². The third-order valence-electron chi connectivity index (χ3n) is 3.27. The van der Waals surface area contributed by atoms with Crippen molar-refractivity contribution in [1.29, 1.82) is 0 Å². The van der Waals surface area contributed by atoms with Crippen LogP contribution in [0.15, 0.2) is 23.4 Å². The largest absolute Gasteiger partial charge is 0.409 e. The summed E-state index contributed by atoms with van der Waals surface area (Å²) in [6, 6.07) is 4.63. The average Bonchev–Trinajstić information content (AvgIpc) is 2.90. The van der Waals surface area contributed by atoms with Gasteiger partial charge in [-0.1, -0.05) is 11.2 Å². The number of benzene rings is 1. The van der Waals surface area contributed by atoms with Gasteiger partial charge in [-0.3, -0.25) is 0 Å². The van der Waals surface area contributed by atoms with E-state index in [1.54, 1.807) is 12.1 Å². The van der Waals surface area contributed by atoms with Crippen LogP contribution in [0.3, 0.4) is 0 Å². The fourth-order valence-corrected chi connectivity index (χ4v) is 2.33. The molecule has 6 heteroatoms. The van der Waals surface area contributed by atoms with Crippen LogP contribution in [0, 0.1) is 5.82 Å². The molecule has 0 amide bonds. The highest BCUT2D eigenvalue weighted by molar-refractivity contribution is 6.02. The molecule has 5 nitrogen and oxygen atoms in total. The molecule has 1 saturated heterocycles. The van der Waals surface area contributed by atoms with Gasteiger partial charge < -0.3 is 20.6 Å². The van der Waals surface area contributed by atoms with Gasteiger partial charge in [-0.2, -0.15) is 0 Å². The SMILES string of the molecule is CN(CC1CCCO1)c1cccc(F)c1C(N)=NO. The number of hydrogen-bond donors (Lipinski definition) is 2. The molecule has 1 aromatic carbocycles. The number of nitrogens with zero attached hydrogens (tertiary/aromatic N) is 2. The molecule has 104 valence electrons. The Morgan fingerprint density at radius 1 is 1.63 bits per heavy atom. The Bertz CT molecular complexity index is 473. The van der Waals surface area contributed by atoms with Gasteiger partial charge in [0.1, 0.15) is 5.82 Å². The van der Waals surface area contributed by atoms with E-state index in [-0.39, 0.29) is 17.5 Å². The van der Waals surface area contributed by atoms with E-state index in [1.807, 2.05) is 11.9 Å². The Balaban J connectivity index is 2.25. The highest BCUT2D eigenvalue weighted by Crippen LogP contribution is 2.24. The Labute approximate surface area is 111 Å². The first-order valence-corrected chi connectivity index (χ1v) is 6.22. The summed E-state index contributed by atoms with van der Waals surface area (Å²) in [5, 5.41) is 11.6. The number of nitrogens with two attached hydrogens (primary N) is 1. The predicted molar refractivity (Wildman–Crippen MR) is 71.2 cm³/mol. The molecular formula is C13H18FN3O2.